The molecule has 2 aromatic rings. The van der Waals surface area contributed by atoms with E-state index < -0.39 is 0 Å². The van der Waals surface area contributed by atoms with Gasteiger partial charge in [0, 0.05) is 52.5 Å². The molecule has 2 aliphatic heterocycles. The summed E-state index contributed by atoms with van der Waals surface area (Å²) in [5.41, 5.74) is 5.04. The molecule has 1 aromatic carbocycles. The van der Waals surface area contributed by atoms with E-state index in [1.165, 1.54) is 16.8 Å². The van der Waals surface area contributed by atoms with Crippen LogP contribution in [0.4, 0.5) is 0 Å². The molecule has 0 amide bonds. The smallest absolute Gasteiger partial charge is 0.193 e. The van der Waals surface area contributed by atoms with Gasteiger partial charge in [-0.2, -0.15) is 5.10 Å². The van der Waals surface area contributed by atoms with Gasteiger partial charge >= 0.3 is 0 Å². The Labute approximate surface area is 202 Å². The highest BCUT2D eigenvalue weighted by atomic mass is 127. The number of likely N-dealkylation sites (tertiary alicyclic amines) is 1. The second-order valence-corrected chi connectivity index (χ2v) is 8.33. The highest BCUT2D eigenvalue weighted by molar-refractivity contribution is 14.0. The standard InChI is InChI=1S/C23H34N6O.HI/c1-17-20(18(2)27(4)26-17)10-11-25-23(24-3)29-15-21-22(16-29)30-13-12-28(21)14-19-8-6-5-7-9-19;/h5-9,21-22H,10-16H2,1-4H3,(H,24,25);1H. The van der Waals surface area contributed by atoms with Crippen LogP contribution in [0, 0.1) is 13.8 Å². The van der Waals surface area contributed by atoms with Gasteiger partial charge < -0.3 is 15.0 Å². The molecule has 1 N–H and O–H groups in total. The van der Waals surface area contributed by atoms with Crippen LogP contribution in [0.15, 0.2) is 35.3 Å². The number of aryl methyl sites for hydroxylation is 2. The van der Waals surface area contributed by atoms with Crippen molar-refractivity contribution < 1.29 is 4.74 Å². The summed E-state index contributed by atoms with van der Waals surface area (Å²) in [5, 5.41) is 8.09. The van der Waals surface area contributed by atoms with Gasteiger partial charge in [0.15, 0.2) is 5.96 Å². The minimum absolute atomic E-state index is 0. The van der Waals surface area contributed by atoms with Crippen molar-refractivity contribution >= 4 is 29.9 Å². The van der Waals surface area contributed by atoms with E-state index in [0.717, 1.165) is 57.4 Å². The Bertz CT molecular complexity index is 884. The highest BCUT2D eigenvalue weighted by Crippen LogP contribution is 2.24. The fraction of sp³-hybridized carbons (Fsp3) is 0.565. The Morgan fingerprint density at radius 1 is 1.23 bits per heavy atom. The van der Waals surface area contributed by atoms with Crippen LogP contribution in [0.5, 0.6) is 0 Å². The van der Waals surface area contributed by atoms with Crippen molar-refractivity contribution in [3.63, 3.8) is 0 Å². The molecule has 2 unspecified atom stereocenters. The van der Waals surface area contributed by atoms with Crippen molar-refractivity contribution in [2.75, 3.05) is 39.8 Å². The van der Waals surface area contributed by atoms with E-state index in [9.17, 15) is 0 Å². The number of guanidine groups is 1. The minimum Gasteiger partial charge on any atom is -0.373 e. The van der Waals surface area contributed by atoms with Gasteiger partial charge in [-0.3, -0.25) is 14.6 Å². The van der Waals surface area contributed by atoms with Gasteiger partial charge in [-0.25, -0.2) is 0 Å². The zero-order valence-electron chi connectivity index (χ0n) is 19.0. The molecular formula is C23H35IN6O. The Morgan fingerprint density at radius 3 is 2.68 bits per heavy atom. The number of hydrogen-bond donors (Lipinski definition) is 1. The third-order valence-corrected chi connectivity index (χ3v) is 6.47. The number of halogens is 1. The second kappa shape index (κ2) is 10.8. The summed E-state index contributed by atoms with van der Waals surface area (Å²) >= 11 is 0. The quantitative estimate of drug-likeness (QED) is 0.360. The summed E-state index contributed by atoms with van der Waals surface area (Å²) in [6.07, 6.45) is 1.19. The van der Waals surface area contributed by atoms with Crippen molar-refractivity contribution in [1.29, 1.82) is 0 Å². The Morgan fingerprint density at radius 2 is 2.00 bits per heavy atom. The molecule has 0 spiro atoms. The van der Waals surface area contributed by atoms with Crippen LogP contribution in [0.3, 0.4) is 0 Å². The maximum absolute atomic E-state index is 6.13. The molecule has 0 bridgehead atoms. The average Bonchev–Trinajstić information content (AvgIpc) is 3.28. The molecule has 2 saturated heterocycles. The third-order valence-electron chi connectivity index (χ3n) is 6.47. The number of benzene rings is 1. The molecule has 0 aliphatic carbocycles. The lowest BCUT2D eigenvalue weighted by molar-refractivity contribution is -0.0502. The summed E-state index contributed by atoms with van der Waals surface area (Å²) in [4.78, 5) is 9.47. The highest BCUT2D eigenvalue weighted by Gasteiger charge is 2.41. The Kier molecular flexibility index (Phi) is 8.35. The molecule has 3 heterocycles. The minimum atomic E-state index is 0. The van der Waals surface area contributed by atoms with Gasteiger partial charge in [0.1, 0.15) is 0 Å². The molecule has 1 aromatic heterocycles. The van der Waals surface area contributed by atoms with Gasteiger partial charge in [0.05, 0.1) is 24.4 Å². The van der Waals surface area contributed by atoms with E-state index in [0.29, 0.717) is 6.04 Å². The van der Waals surface area contributed by atoms with Crippen molar-refractivity contribution in [2.24, 2.45) is 12.0 Å². The first-order valence-corrected chi connectivity index (χ1v) is 10.9. The van der Waals surface area contributed by atoms with Gasteiger partial charge in [0.2, 0.25) is 0 Å². The number of ether oxygens (including phenoxy) is 1. The topological polar surface area (TPSA) is 57.9 Å². The summed E-state index contributed by atoms with van der Waals surface area (Å²) in [5.74, 6) is 0.965. The molecule has 0 radical (unpaired) electrons. The molecule has 8 heteroatoms. The van der Waals surface area contributed by atoms with Crippen molar-refractivity contribution in [3.8, 4) is 0 Å². The second-order valence-electron chi connectivity index (χ2n) is 8.33. The van der Waals surface area contributed by atoms with E-state index in [-0.39, 0.29) is 30.1 Å². The normalized spacial score (nSPS) is 21.7. The number of hydrogen-bond acceptors (Lipinski definition) is 4. The first-order chi connectivity index (χ1) is 14.6. The monoisotopic (exact) mass is 538 g/mol. The molecule has 31 heavy (non-hydrogen) atoms. The van der Waals surface area contributed by atoms with E-state index in [1.807, 2.05) is 18.8 Å². The molecule has 2 fully saturated rings. The van der Waals surface area contributed by atoms with E-state index in [2.05, 4.69) is 69.4 Å². The van der Waals surface area contributed by atoms with Gasteiger partial charge in [-0.05, 0) is 31.4 Å². The molecule has 2 aliphatic rings. The van der Waals surface area contributed by atoms with Crippen LogP contribution in [0.2, 0.25) is 0 Å². The lowest BCUT2D eigenvalue weighted by Gasteiger charge is -2.36. The Hall–Kier alpha value is -1.65. The van der Waals surface area contributed by atoms with Crippen molar-refractivity contribution in [1.82, 2.24) is 24.9 Å². The fourth-order valence-corrected chi connectivity index (χ4v) is 4.76. The summed E-state index contributed by atoms with van der Waals surface area (Å²) in [6.45, 7) is 9.66. The van der Waals surface area contributed by atoms with Crippen LogP contribution in [-0.4, -0.2) is 77.5 Å². The first kappa shape index (κ1) is 24.0. The van der Waals surface area contributed by atoms with Gasteiger partial charge in [0.25, 0.3) is 0 Å². The molecule has 170 valence electrons. The van der Waals surface area contributed by atoms with Gasteiger partial charge in [-0.1, -0.05) is 30.3 Å². The van der Waals surface area contributed by atoms with Crippen LogP contribution in [-0.2, 0) is 24.8 Å². The molecule has 0 saturated carbocycles. The third kappa shape index (κ3) is 5.40. The summed E-state index contributed by atoms with van der Waals surface area (Å²) < 4.78 is 8.09. The average molecular weight is 538 g/mol. The van der Waals surface area contributed by atoms with E-state index >= 15 is 0 Å². The maximum Gasteiger partial charge on any atom is 0.193 e. The first-order valence-electron chi connectivity index (χ1n) is 10.9. The maximum atomic E-state index is 6.13. The Balaban J connectivity index is 0.00000272. The van der Waals surface area contributed by atoms with Crippen molar-refractivity contribution in [3.05, 3.63) is 52.8 Å². The molecule has 4 rings (SSSR count). The predicted molar refractivity (Wildman–Crippen MR) is 135 cm³/mol. The van der Waals surface area contributed by atoms with Crippen LogP contribution < -0.4 is 5.32 Å². The number of aliphatic imine (C=N–C) groups is 1. The number of nitrogens with one attached hydrogen (secondary N) is 1. The number of morpholine rings is 1. The van der Waals surface area contributed by atoms with E-state index in [1.54, 1.807) is 0 Å². The largest absolute Gasteiger partial charge is 0.373 e. The summed E-state index contributed by atoms with van der Waals surface area (Å²) in [6, 6.07) is 11.1. The number of nitrogens with zero attached hydrogens (tertiary/aromatic N) is 5. The number of fused-ring (bicyclic) bond motifs is 1. The van der Waals surface area contributed by atoms with Crippen LogP contribution in [0.1, 0.15) is 22.5 Å². The SMILES string of the molecule is CN=C(NCCc1c(C)nn(C)c1C)N1CC2OCCN(Cc3ccccc3)C2C1.I. The van der Waals surface area contributed by atoms with Gasteiger partial charge in [-0.15, -0.1) is 24.0 Å². The lowest BCUT2D eigenvalue weighted by Crippen LogP contribution is -2.50. The number of aromatic nitrogens is 2. The fourth-order valence-electron chi connectivity index (χ4n) is 4.76. The zero-order chi connectivity index (χ0) is 21.1. The molecule has 7 nitrogen and oxygen atoms in total. The summed E-state index contributed by atoms with van der Waals surface area (Å²) in [7, 11) is 3.87. The van der Waals surface area contributed by atoms with E-state index in [4.69, 9.17) is 4.74 Å². The molecule has 2 atom stereocenters. The predicted octanol–water partition coefficient (Wildman–Crippen LogP) is 2.36. The number of rotatable bonds is 5. The molecular weight excluding hydrogens is 503 g/mol. The van der Waals surface area contributed by atoms with Crippen LogP contribution >= 0.6 is 24.0 Å². The zero-order valence-corrected chi connectivity index (χ0v) is 21.4. The van der Waals surface area contributed by atoms with Crippen molar-refractivity contribution in [2.45, 2.75) is 39.0 Å². The van der Waals surface area contributed by atoms with Crippen LogP contribution in [0.25, 0.3) is 0 Å². The lowest BCUT2D eigenvalue weighted by atomic mass is 10.1.